The molecule has 2 aromatic heterocycles. The van der Waals surface area contributed by atoms with Crippen LogP contribution in [0.1, 0.15) is 61.0 Å². The van der Waals surface area contributed by atoms with Crippen molar-refractivity contribution in [2.75, 3.05) is 20.2 Å². The maximum atomic E-state index is 13.7. The Kier molecular flexibility index (Phi) is 7.33. The molecule has 2 saturated heterocycles. The molecule has 0 saturated carbocycles. The minimum atomic E-state index is -0.844. The first-order valence-corrected chi connectivity index (χ1v) is 13.7. The first-order valence-electron chi connectivity index (χ1n) is 13.7. The summed E-state index contributed by atoms with van der Waals surface area (Å²) in [7, 11) is 1.29. The summed E-state index contributed by atoms with van der Waals surface area (Å²) in [5.41, 5.74) is 4.55. The van der Waals surface area contributed by atoms with Crippen molar-refractivity contribution in [2.24, 2.45) is 0 Å². The molecule has 4 N–H and O–H groups in total. The van der Waals surface area contributed by atoms with Gasteiger partial charge >= 0.3 is 6.09 Å². The maximum Gasteiger partial charge on any atom is 0.407 e. The predicted molar refractivity (Wildman–Crippen MR) is 150 cm³/mol. The topological polar surface area (TPSA) is 128 Å². The number of alkyl carbamates (subject to hydrolysis) is 1. The fraction of sp³-hybridized carbons (Fsp3) is 0.333. The normalized spacial score (nSPS) is 19.5. The molecule has 3 atom stereocenters. The lowest BCUT2D eigenvalue weighted by molar-refractivity contribution is -0.134. The van der Waals surface area contributed by atoms with Crippen LogP contribution in [-0.4, -0.2) is 57.0 Å². The van der Waals surface area contributed by atoms with E-state index in [9.17, 15) is 9.59 Å². The Morgan fingerprint density at radius 3 is 2.58 bits per heavy atom. The number of carbonyl (C=O) groups excluding carboxylic acids is 2. The number of hydrogen-bond acceptors (Lipinski definition) is 6. The number of rotatable bonds is 7. The van der Waals surface area contributed by atoms with Crippen molar-refractivity contribution in [3.05, 3.63) is 84.2 Å². The number of aromatic amines is 2. The fourth-order valence-corrected chi connectivity index (χ4v) is 5.64. The van der Waals surface area contributed by atoms with Crippen LogP contribution in [0.4, 0.5) is 4.79 Å². The number of likely N-dealkylation sites (tertiary alicyclic amines) is 1. The lowest BCUT2D eigenvalue weighted by Crippen LogP contribution is -2.42. The highest BCUT2D eigenvalue weighted by Crippen LogP contribution is 2.34. The Balaban J connectivity index is 1.18. The highest BCUT2D eigenvalue weighted by Gasteiger charge is 2.37. The fourth-order valence-electron chi connectivity index (χ4n) is 5.64. The first-order chi connectivity index (χ1) is 19.6. The third kappa shape index (κ3) is 5.22. The molecule has 0 unspecified atom stereocenters. The van der Waals surface area contributed by atoms with Gasteiger partial charge in [-0.3, -0.25) is 4.79 Å². The molecule has 2 fully saturated rings. The summed E-state index contributed by atoms with van der Waals surface area (Å²) in [6, 6.07) is 16.7. The molecule has 0 aliphatic carbocycles. The molecule has 2 aromatic carbocycles. The molecule has 206 valence electrons. The van der Waals surface area contributed by atoms with Crippen molar-refractivity contribution < 1.29 is 14.3 Å². The Labute approximate surface area is 232 Å². The van der Waals surface area contributed by atoms with Crippen LogP contribution in [0.15, 0.2) is 67.0 Å². The molecular formula is C30H33N7O3. The van der Waals surface area contributed by atoms with Crippen LogP contribution in [-0.2, 0) is 9.53 Å². The van der Waals surface area contributed by atoms with Crippen molar-refractivity contribution in [1.29, 1.82) is 0 Å². The van der Waals surface area contributed by atoms with Crippen LogP contribution in [0.5, 0.6) is 0 Å². The largest absolute Gasteiger partial charge is 0.453 e. The molecule has 10 heteroatoms. The monoisotopic (exact) mass is 539 g/mol. The highest BCUT2D eigenvalue weighted by atomic mass is 16.5. The van der Waals surface area contributed by atoms with Gasteiger partial charge in [0.05, 0.1) is 36.8 Å². The molecule has 2 aliphatic heterocycles. The molecule has 0 spiro atoms. The number of nitrogens with one attached hydrogen (secondary N) is 4. The summed E-state index contributed by atoms with van der Waals surface area (Å²) in [6.45, 7) is 1.62. The van der Waals surface area contributed by atoms with E-state index in [1.165, 1.54) is 13.5 Å². The Bertz CT molecular complexity index is 1460. The van der Waals surface area contributed by atoms with Gasteiger partial charge in [-0.25, -0.2) is 14.8 Å². The molecule has 2 amide bonds. The van der Waals surface area contributed by atoms with E-state index in [4.69, 9.17) is 9.72 Å². The lowest BCUT2D eigenvalue weighted by Gasteiger charge is -2.28. The highest BCUT2D eigenvalue weighted by molar-refractivity contribution is 5.87. The van der Waals surface area contributed by atoms with Gasteiger partial charge in [-0.1, -0.05) is 54.6 Å². The Hall–Kier alpha value is -4.44. The third-order valence-corrected chi connectivity index (χ3v) is 7.75. The molecule has 4 heterocycles. The van der Waals surface area contributed by atoms with Gasteiger partial charge in [-0.05, 0) is 43.4 Å². The average molecular weight is 540 g/mol. The van der Waals surface area contributed by atoms with Crippen molar-refractivity contribution >= 4 is 12.0 Å². The number of hydrogen-bond donors (Lipinski definition) is 4. The third-order valence-electron chi connectivity index (χ3n) is 7.75. The smallest absolute Gasteiger partial charge is 0.407 e. The summed E-state index contributed by atoms with van der Waals surface area (Å²) >= 11 is 0. The van der Waals surface area contributed by atoms with Crippen LogP contribution < -0.4 is 10.6 Å². The number of carbonyl (C=O) groups is 2. The second kappa shape index (κ2) is 11.4. The summed E-state index contributed by atoms with van der Waals surface area (Å²) < 4.78 is 4.79. The van der Waals surface area contributed by atoms with E-state index in [2.05, 4.69) is 37.7 Å². The van der Waals surface area contributed by atoms with Gasteiger partial charge in [-0.2, -0.15) is 0 Å². The lowest BCUT2D eigenvalue weighted by atomic mass is 10.1. The van der Waals surface area contributed by atoms with E-state index in [1.54, 1.807) is 4.90 Å². The number of H-pyrrole nitrogens is 2. The van der Waals surface area contributed by atoms with Crippen molar-refractivity contribution in [2.45, 2.75) is 43.8 Å². The summed E-state index contributed by atoms with van der Waals surface area (Å²) in [4.78, 5) is 43.8. The molecular weight excluding hydrogens is 506 g/mol. The van der Waals surface area contributed by atoms with Crippen molar-refractivity contribution in [1.82, 2.24) is 35.5 Å². The zero-order valence-corrected chi connectivity index (χ0v) is 22.4. The van der Waals surface area contributed by atoms with Gasteiger partial charge < -0.3 is 30.2 Å². The van der Waals surface area contributed by atoms with Crippen LogP contribution >= 0.6 is 0 Å². The molecule has 6 rings (SSSR count). The van der Waals surface area contributed by atoms with Gasteiger partial charge in [0.25, 0.3) is 5.91 Å². The number of nitrogens with zero attached hydrogens (tertiary/aromatic N) is 3. The van der Waals surface area contributed by atoms with E-state index in [0.29, 0.717) is 18.2 Å². The number of benzene rings is 2. The molecule has 10 nitrogen and oxygen atoms in total. The SMILES string of the molecule is COC(=O)N[C@@H](C(=O)N1CCC[C@H]1c1nc(-c2ccc(-c3cnc([C@@H]4CCCN4)[nH]3)cc2)c[nH]1)c1ccccc1. The summed E-state index contributed by atoms with van der Waals surface area (Å²) in [5.74, 6) is 1.53. The van der Waals surface area contributed by atoms with Crippen LogP contribution in [0.2, 0.25) is 0 Å². The second-order valence-electron chi connectivity index (χ2n) is 10.2. The standard InChI is InChI=1S/C30H33N7O3/c1-40-30(39)36-26(21-7-3-2-4-8-21)29(38)37-16-6-10-25(37)28-33-18-24(35-28)20-13-11-19(12-14-20)23-17-32-27(34-23)22-9-5-15-31-22/h2-4,7-8,11-14,17-18,22,25-26,31H,5-6,9-10,15-16H2,1H3,(H,32,34)(H,33,35)(H,36,39)/t22-,25-,26+/m0/s1. The van der Waals surface area contributed by atoms with E-state index >= 15 is 0 Å². The van der Waals surface area contributed by atoms with Gasteiger partial charge in [0.1, 0.15) is 17.7 Å². The molecule has 0 bridgehead atoms. The minimum absolute atomic E-state index is 0.187. The second-order valence-corrected chi connectivity index (χ2v) is 10.2. The molecule has 4 aromatic rings. The van der Waals surface area contributed by atoms with Crippen LogP contribution in [0.3, 0.4) is 0 Å². The first kappa shape index (κ1) is 25.8. The number of imidazole rings is 2. The number of amides is 2. The summed E-state index contributed by atoms with van der Waals surface area (Å²) in [6.07, 6.45) is 7.03. The maximum absolute atomic E-state index is 13.7. The van der Waals surface area contributed by atoms with E-state index in [0.717, 1.165) is 60.0 Å². The van der Waals surface area contributed by atoms with Gasteiger partial charge in [-0.15, -0.1) is 0 Å². The van der Waals surface area contributed by atoms with Gasteiger partial charge in [0.2, 0.25) is 0 Å². The van der Waals surface area contributed by atoms with Crippen LogP contribution in [0, 0.1) is 0 Å². The summed E-state index contributed by atoms with van der Waals surface area (Å²) in [5, 5.41) is 6.18. The Morgan fingerprint density at radius 1 is 1.02 bits per heavy atom. The molecule has 0 radical (unpaired) electrons. The van der Waals surface area contributed by atoms with E-state index < -0.39 is 12.1 Å². The number of methoxy groups -OCH3 is 1. The van der Waals surface area contributed by atoms with Gasteiger partial charge in [0.15, 0.2) is 0 Å². The predicted octanol–water partition coefficient (Wildman–Crippen LogP) is 4.65. The number of ether oxygens (including phenoxy) is 1. The molecule has 2 aliphatic rings. The van der Waals surface area contributed by atoms with Gasteiger partial charge in [0, 0.05) is 18.3 Å². The van der Waals surface area contributed by atoms with E-state index in [-0.39, 0.29) is 11.9 Å². The Morgan fingerprint density at radius 2 is 1.82 bits per heavy atom. The quantitative estimate of drug-likeness (QED) is 0.271. The van der Waals surface area contributed by atoms with Crippen molar-refractivity contribution in [3.8, 4) is 22.5 Å². The zero-order chi connectivity index (χ0) is 27.5. The van der Waals surface area contributed by atoms with E-state index in [1.807, 2.05) is 54.9 Å². The minimum Gasteiger partial charge on any atom is -0.453 e. The number of aromatic nitrogens is 4. The van der Waals surface area contributed by atoms with Crippen molar-refractivity contribution in [3.63, 3.8) is 0 Å². The zero-order valence-electron chi connectivity index (χ0n) is 22.4. The average Bonchev–Trinajstić information content (AvgIpc) is 3.82. The van der Waals surface area contributed by atoms with Crippen LogP contribution in [0.25, 0.3) is 22.5 Å². The molecule has 40 heavy (non-hydrogen) atoms.